The highest BCUT2D eigenvalue weighted by Crippen LogP contribution is 2.25. The number of amides is 2. The Labute approximate surface area is 165 Å². The van der Waals surface area contributed by atoms with Gasteiger partial charge in [-0.1, -0.05) is 0 Å². The molecular weight excluding hydrogens is 386 g/mol. The molecule has 1 aliphatic heterocycles. The monoisotopic (exact) mass is 413 g/mol. The van der Waals surface area contributed by atoms with Crippen LogP contribution in [-0.2, 0) is 19.6 Å². The minimum atomic E-state index is -3.69. The molecule has 3 N–H and O–H groups in total. The molecule has 1 fully saturated rings. The van der Waals surface area contributed by atoms with Gasteiger partial charge in [-0.05, 0) is 37.1 Å². The smallest absolute Gasteiger partial charge is 0.243 e. The van der Waals surface area contributed by atoms with Crippen LogP contribution in [0.15, 0.2) is 29.2 Å². The zero-order valence-corrected chi connectivity index (χ0v) is 16.7. The first kappa shape index (κ1) is 22.1. The molecule has 0 unspecified atom stereocenters. The fourth-order valence-corrected chi connectivity index (χ4v) is 4.52. The van der Waals surface area contributed by atoms with Crippen LogP contribution in [-0.4, -0.2) is 69.5 Å². The number of nitrogens with one attached hydrogen (secondary N) is 2. The molecule has 0 saturated carbocycles. The largest absolute Gasteiger partial charge is 0.497 e. The first-order valence-corrected chi connectivity index (χ1v) is 10.6. The van der Waals surface area contributed by atoms with Crippen LogP contribution in [0.25, 0.3) is 0 Å². The van der Waals surface area contributed by atoms with Gasteiger partial charge in [-0.25, -0.2) is 8.42 Å². The van der Waals surface area contributed by atoms with Crippen molar-refractivity contribution in [3.63, 3.8) is 0 Å². The van der Waals surface area contributed by atoms with Gasteiger partial charge in [0.1, 0.15) is 5.75 Å². The van der Waals surface area contributed by atoms with E-state index in [1.807, 2.05) is 0 Å². The number of nitrogens with zero attached hydrogens (tertiary/aromatic N) is 1. The first-order valence-electron chi connectivity index (χ1n) is 9.18. The van der Waals surface area contributed by atoms with Crippen molar-refractivity contribution in [3.8, 4) is 5.75 Å². The number of carbonyl (C=O) groups is 2. The summed E-state index contributed by atoms with van der Waals surface area (Å²) in [5, 5.41) is 13.8. The van der Waals surface area contributed by atoms with Crippen molar-refractivity contribution in [2.24, 2.45) is 5.92 Å². The third kappa shape index (κ3) is 5.91. The van der Waals surface area contributed by atoms with E-state index >= 15 is 0 Å². The van der Waals surface area contributed by atoms with E-state index < -0.39 is 15.9 Å². The summed E-state index contributed by atoms with van der Waals surface area (Å²) in [6.45, 7) is 0.669. The van der Waals surface area contributed by atoms with E-state index in [2.05, 4.69) is 10.6 Å². The Morgan fingerprint density at radius 1 is 1.21 bits per heavy atom. The van der Waals surface area contributed by atoms with Gasteiger partial charge in [0.15, 0.2) is 0 Å². The number of ether oxygens (including phenoxy) is 1. The topological polar surface area (TPSA) is 125 Å². The van der Waals surface area contributed by atoms with Gasteiger partial charge in [0, 0.05) is 32.6 Å². The Morgan fingerprint density at radius 2 is 1.93 bits per heavy atom. The van der Waals surface area contributed by atoms with Gasteiger partial charge < -0.3 is 20.5 Å². The molecule has 0 bridgehead atoms. The van der Waals surface area contributed by atoms with Gasteiger partial charge in [0.25, 0.3) is 0 Å². The molecule has 10 heteroatoms. The lowest BCUT2D eigenvalue weighted by Crippen LogP contribution is -2.45. The van der Waals surface area contributed by atoms with Crippen LogP contribution in [0.1, 0.15) is 19.3 Å². The van der Waals surface area contributed by atoms with Crippen molar-refractivity contribution in [3.05, 3.63) is 24.3 Å². The van der Waals surface area contributed by atoms with Crippen molar-refractivity contribution < 1.29 is 27.9 Å². The maximum absolute atomic E-state index is 12.8. The molecule has 28 heavy (non-hydrogen) atoms. The number of carbonyl (C=O) groups excluding carboxylic acids is 2. The third-order valence-electron chi connectivity index (χ3n) is 4.54. The van der Waals surface area contributed by atoms with E-state index in [0.717, 1.165) is 0 Å². The minimum Gasteiger partial charge on any atom is -0.497 e. The number of benzene rings is 1. The Balaban J connectivity index is 1.91. The highest BCUT2D eigenvalue weighted by atomic mass is 32.2. The highest BCUT2D eigenvalue weighted by molar-refractivity contribution is 7.89. The van der Waals surface area contributed by atoms with Crippen LogP contribution in [0, 0.1) is 5.92 Å². The SMILES string of the molecule is COc1ccc(S(=O)(=O)N2CCC[C@@H](C(=O)NCCC(=O)NCCO)C2)cc1. The number of methoxy groups -OCH3 is 1. The minimum absolute atomic E-state index is 0.103. The number of aliphatic hydroxyl groups excluding tert-OH is 1. The number of hydrogen-bond donors (Lipinski definition) is 3. The Kier molecular flexibility index (Phi) is 8.21. The van der Waals surface area contributed by atoms with E-state index in [9.17, 15) is 18.0 Å². The zero-order valence-electron chi connectivity index (χ0n) is 15.9. The molecule has 0 radical (unpaired) electrons. The number of rotatable bonds is 9. The molecule has 0 spiro atoms. The van der Waals surface area contributed by atoms with Gasteiger partial charge in [-0.3, -0.25) is 9.59 Å². The molecule has 1 atom stereocenters. The standard InChI is InChI=1S/C18H27N3O6S/c1-27-15-4-6-16(7-5-15)28(25,26)21-11-2-3-14(13-21)18(24)20-9-8-17(23)19-10-12-22/h4-7,14,22H,2-3,8-13H2,1H3,(H,19,23)(H,20,24)/t14-/m1/s1. The molecule has 156 valence electrons. The molecule has 9 nitrogen and oxygen atoms in total. The quantitative estimate of drug-likeness (QED) is 0.511. The maximum atomic E-state index is 12.8. The van der Waals surface area contributed by atoms with E-state index in [1.165, 1.54) is 23.5 Å². The average molecular weight is 413 g/mol. The fraction of sp³-hybridized carbons (Fsp3) is 0.556. The molecule has 0 aliphatic carbocycles. The number of aliphatic hydroxyl groups is 1. The average Bonchev–Trinajstić information content (AvgIpc) is 2.72. The fourth-order valence-electron chi connectivity index (χ4n) is 3.00. The summed E-state index contributed by atoms with van der Waals surface area (Å²) in [5.41, 5.74) is 0. The second-order valence-electron chi connectivity index (χ2n) is 6.49. The molecule has 2 rings (SSSR count). The second-order valence-corrected chi connectivity index (χ2v) is 8.43. The molecule has 1 aliphatic rings. The molecule has 1 heterocycles. The van der Waals surface area contributed by atoms with Crippen molar-refractivity contribution in [2.75, 3.05) is 39.9 Å². The lowest BCUT2D eigenvalue weighted by Gasteiger charge is -2.31. The third-order valence-corrected chi connectivity index (χ3v) is 6.42. The van der Waals surface area contributed by atoms with Gasteiger partial charge in [-0.2, -0.15) is 4.31 Å². The van der Waals surface area contributed by atoms with Gasteiger partial charge >= 0.3 is 0 Å². The highest BCUT2D eigenvalue weighted by Gasteiger charge is 2.33. The van der Waals surface area contributed by atoms with Crippen LogP contribution in [0.3, 0.4) is 0 Å². The van der Waals surface area contributed by atoms with Crippen molar-refractivity contribution in [2.45, 2.75) is 24.2 Å². The number of piperidine rings is 1. The van der Waals surface area contributed by atoms with Crippen LogP contribution in [0.4, 0.5) is 0 Å². The van der Waals surface area contributed by atoms with Crippen LogP contribution < -0.4 is 15.4 Å². The Morgan fingerprint density at radius 3 is 2.57 bits per heavy atom. The molecule has 1 saturated heterocycles. The van der Waals surface area contributed by atoms with Crippen molar-refractivity contribution >= 4 is 21.8 Å². The zero-order chi connectivity index (χ0) is 20.6. The summed E-state index contributed by atoms with van der Waals surface area (Å²) >= 11 is 0. The molecule has 0 aromatic heterocycles. The predicted octanol–water partition coefficient (Wildman–Crippen LogP) is -0.289. The van der Waals surface area contributed by atoms with Gasteiger partial charge in [0.05, 0.1) is 24.5 Å². The normalized spacial score (nSPS) is 17.7. The Hall–Kier alpha value is -2.17. The van der Waals surface area contributed by atoms with E-state index in [0.29, 0.717) is 25.1 Å². The molecule has 2 amide bonds. The van der Waals surface area contributed by atoms with E-state index in [4.69, 9.17) is 9.84 Å². The molecule has 1 aromatic carbocycles. The summed E-state index contributed by atoms with van der Waals surface area (Å²) in [4.78, 5) is 24.0. The van der Waals surface area contributed by atoms with Crippen LogP contribution in [0.2, 0.25) is 0 Å². The lowest BCUT2D eigenvalue weighted by molar-refractivity contribution is -0.126. The molecule has 1 aromatic rings. The summed E-state index contributed by atoms with van der Waals surface area (Å²) < 4.78 is 32.1. The van der Waals surface area contributed by atoms with Crippen LogP contribution in [0.5, 0.6) is 5.75 Å². The summed E-state index contributed by atoms with van der Waals surface area (Å²) in [6.07, 6.45) is 1.29. The maximum Gasteiger partial charge on any atom is 0.243 e. The second kappa shape index (κ2) is 10.4. The lowest BCUT2D eigenvalue weighted by atomic mass is 9.99. The first-order chi connectivity index (χ1) is 13.4. The summed E-state index contributed by atoms with van der Waals surface area (Å²) in [5.74, 6) is -0.411. The molecular formula is C18H27N3O6S. The summed E-state index contributed by atoms with van der Waals surface area (Å²) in [6, 6.07) is 6.15. The van der Waals surface area contributed by atoms with E-state index in [-0.39, 0.29) is 49.4 Å². The Bertz CT molecular complexity index is 766. The van der Waals surface area contributed by atoms with Crippen molar-refractivity contribution in [1.82, 2.24) is 14.9 Å². The van der Waals surface area contributed by atoms with Gasteiger partial charge in [0.2, 0.25) is 21.8 Å². The predicted molar refractivity (Wildman–Crippen MR) is 102 cm³/mol. The van der Waals surface area contributed by atoms with Crippen molar-refractivity contribution in [1.29, 1.82) is 0 Å². The van der Waals surface area contributed by atoms with E-state index in [1.54, 1.807) is 12.1 Å². The number of sulfonamides is 1. The van der Waals surface area contributed by atoms with Crippen LogP contribution >= 0.6 is 0 Å². The number of hydrogen-bond acceptors (Lipinski definition) is 6. The van der Waals surface area contributed by atoms with Gasteiger partial charge in [-0.15, -0.1) is 0 Å². The summed E-state index contributed by atoms with van der Waals surface area (Å²) in [7, 11) is -2.18.